The first kappa shape index (κ1) is 15.7. The Morgan fingerprint density at radius 1 is 1.35 bits per heavy atom. The van der Waals surface area contributed by atoms with Crippen LogP contribution in [0.1, 0.15) is 6.92 Å². The molecule has 9 heteroatoms. The van der Waals surface area contributed by atoms with Crippen molar-refractivity contribution in [1.29, 1.82) is 0 Å². The summed E-state index contributed by atoms with van der Waals surface area (Å²) in [6.45, 7) is -0.534. The number of nitrogens with zero attached hydrogens (tertiary/aromatic N) is 1. The van der Waals surface area contributed by atoms with E-state index in [2.05, 4.69) is 5.32 Å². The van der Waals surface area contributed by atoms with E-state index in [0.717, 1.165) is 6.92 Å². The van der Waals surface area contributed by atoms with Gasteiger partial charge in [0.05, 0.1) is 6.61 Å². The van der Waals surface area contributed by atoms with Gasteiger partial charge in [0.1, 0.15) is 24.4 Å². The van der Waals surface area contributed by atoms with Crippen LogP contribution in [0.15, 0.2) is 0 Å². The van der Waals surface area contributed by atoms with Crippen LogP contribution in [0.4, 0.5) is 0 Å². The molecule has 0 aliphatic rings. The molecule has 0 aliphatic heterocycles. The third-order valence-electron chi connectivity index (χ3n) is 2.08. The number of carbonyl (C=O) groups excluding carboxylic acids is 1. The normalized spacial score (nSPS) is 17.9. The molecule has 4 atom stereocenters. The van der Waals surface area contributed by atoms with E-state index in [1.54, 1.807) is 0 Å². The van der Waals surface area contributed by atoms with Gasteiger partial charge in [0.15, 0.2) is 0 Å². The molecule has 100 valence electrons. The van der Waals surface area contributed by atoms with Gasteiger partial charge in [-0.2, -0.15) is 0 Å². The van der Waals surface area contributed by atoms with Gasteiger partial charge in [-0.25, -0.2) is 0 Å². The number of nitrogens with one attached hydrogen (secondary N) is 1. The molecule has 0 aromatic rings. The predicted molar refractivity (Wildman–Crippen MR) is 54.6 cm³/mol. The Hall–Kier alpha value is -1.29. The van der Waals surface area contributed by atoms with E-state index in [-0.39, 0.29) is 0 Å². The maximum atomic E-state index is 10.8. The number of carbonyl (C=O) groups is 1. The third kappa shape index (κ3) is 5.54. The molecule has 0 heterocycles. The predicted octanol–water partition coefficient (Wildman–Crippen LogP) is -3.16. The molecule has 0 unspecified atom stereocenters. The Bertz CT molecular complexity index is 257. The van der Waals surface area contributed by atoms with E-state index >= 15 is 0 Å². The summed E-state index contributed by atoms with van der Waals surface area (Å²) in [4.78, 5) is 20.3. The minimum atomic E-state index is -1.79. The fraction of sp³-hybridized carbons (Fsp3) is 0.875. The number of amides is 1. The lowest BCUT2D eigenvalue weighted by Crippen LogP contribution is -2.55. The van der Waals surface area contributed by atoms with Crippen LogP contribution in [0.2, 0.25) is 0 Å². The molecule has 0 fully saturated rings. The Kier molecular flexibility index (Phi) is 6.58. The van der Waals surface area contributed by atoms with E-state index in [0.29, 0.717) is 0 Å². The number of aliphatic hydroxyl groups is 4. The molecule has 9 nitrogen and oxygen atoms in total. The van der Waals surface area contributed by atoms with Crippen molar-refractivity contribution in [1.82, 2.24) is 5.32 Å². The standard InChI is InChI=1S/C8H16N2O7/c1-4(12)9-5(2-10(16)17)7(14)8(15)6(13)3-11/h5-8,11,13-15H,2-3H2,1H3,(H,9,12)/t5-,6-,7+,8-/m1/s1. The van der Waals surface area contributed by atoms with Crippen molar-refractivity contribution in [3.05, 3.63) is 10.1 Å². The summed E-state index contributed by atoms with van der Waals surface area (Å²) in [6.07, 6.45) is -5.20. The Labute approximate surface area is 96.8 Å². The minimum Gasteiger partial charge on any atom is -0.394 e. The lowest BCUT2D eigenvalue weighted by Gasteiger charge is -2.26. The monoisotopic (exact) mass is 252 g/mol. The molecule has 0 radical (unpaired) electrons. The molecule has 0 saturated carbocycles. The zero-order valence-electron chi connectivity index (χ0n) is 9.18. The van der Waals surface area contributed by atoms with Crippen LogP contribution >= 0.6 is 0 Å². The van der Waals surface area contributed by atoms with Crippen LogP contribution in [0, 0.1) is 10.1 Å². The van der Waals surface area contributed by atoms with Crippen LogP contribution in [-0.2, 0) is 4.79 Å². The van der Waals surface area contributed by atoms with Crippen molar-refractivity contribution in [2.45, 2.75) is 31.3 Å². The summed E-state index contributed by atoms with van der Waals surface area (Å²) in [5.74, 6) is -0.624. The highest BCUT2D eigenvalue weighted by molar-refractivity contribution is 5.73. The van der Waals surface area contributed by atoms with Crippen LogP contribution in [0.3, 0.4) is 0 Å². The molecule has 0 rings (SSSR count). The van der Waals surface area contributed by atoms with Gasteiger partial charge in [-0.05, 0) is 0 Å². The average Bonchev–Trinajstić information content (AvgIpc) is 2.23. The van der Waals surface area contributed by atoms with Gasteiger partial charge in [0.25, 0.3) is 0 Å². The fourth-order valence-corrected chi connectivity index (χ4v) is 1.23. The van der Waals surface area contributed by atoms with Crippen molar-refractivity contribution in [3.63, 3.8) is 0 Å². The molecule has 0 aromatic carbocycles. The smallest absolute Gasteiger partial charge is 0.226 e. The highest BCUT2D eigenvalue weighted by Gasteiger charge is 2.34. The fourth-order valence-electron chi connectivity index (χ4n) is 1.23. The molecule has 17 heavy (non-hydrogen) atoms. The highest BCUT2D eigenvalue weighted by atomic mass is 16.6. The average molecular weight is 252 g/mol. The Morgan fingerprint density at radius 2 is 1.88 bits per heavy atom. The maximum absolute atomic E-state index is 10.8. The zero-order chi connectivity index (χ0) is 13.6. The second-order valence-corrected chi connectivity index (χ2v) is 3.55. The summed E-state index contributed by atoms with van der Waals surface area (Å²) in [5.41, 5.74) is 0. The number of rotatable bonds is 7. The van der Waals surface area contributed by atoms with E-state index in [9.17, 15) is 25.1 Å². The van der Waals surface area contributed by atoms with Crippen molar-refractivity contribution >= 4 is 5.91 Å². The Morgan fingerprint density at radius 3 is 2.24 bits per heavy atom. The molecule has 0 saturated heterocycles. The third-order valence-corrected chi connectivity index (χ3v) is 2.08. The molecular formula is C8H16N2O7. The van der Waals surface area contributed by atoms with Crippen LogP contribution in [0.25, 0.3) is 0 Å². The van der Waals surface area contributed by atoms with Crippen molar-refractivity contribution in [2.75, 3.05) is 13.2 Å². The van der Waals surface area contributed by atoms with Crippen LogP contribution in [-0.4, -0.2) is 68.8 Å². The molecular weight excluding hydrogens is 236 g/mol. The summed E-state index contributed by atoms with van der Waals surface area (Å²) >= 11 is 0. The minimum absolute atomic E-state index is 0.624. The van der Waals surface area contributed by atoms with Gasteiger partial charge < -0.3 is 25.7 Å². The molecule has 5 N–H and O–H groups in total. The summed E-state index contributed by atoms with van der Waals surface area (Å²) in [5, 5.41) is 48.9. The first-order valence-electron chi connectivity index (χ1n) is 4.83. The summed E-state index contributed by atoms with van der Waals surface area (Å²) in [6, 6.07) is -1.35. The van der Waals surface area contributed by atoms with Crippen LogP contribution < -0.4 is 5.32 Å². The lowest BCUT2D eigenvalue weighted by molar-refractivity contribution is -0.485. The largest absolute Gasteiger partial charge is 0.394 e. The molecule has 0 bridgehead atoms. The molecule has 0 aliphatic carbocycles. The van der Waals surface area contributed by atoms with Gasteiger partial charge >= 0.3 is 0 Å². The zero-order valence-corrected chi connectivity index (χ0v) is 9.18. The van der Waals surface area contributed by atoms with Gasteiger partial charge in [0.2, 0.25) is 12.5 Å². The van der Waals surface area contributed by atoms with Gasteiger partial charge in [-0.1, -0.05) is 0 Å². The van der Waals surface area contributed by atoms with Crippen molar-refractivity contribution in [2.24, 2.45) is 0 Å². The Balaban J connectivity index is 4.65. The number of hydrogen-bond donors (Lipinski definition) is 5. The van der Waals surface area contributed by atoms with Gasteiger partial charge in [-0.3, -0.25) is 14.9 Å². The van der Waals surface area contributed by atoms with E-state index in [4.69, 9.17) is 10.2 Å². The topological polar surface area (TPSA) is 153 Å². The van der Waals surface area contributed by atoms with E-state index in [1.807, 2.05) is 0 Å². The molecule has 0 spiro atoms. The molecule has 0 aromatic heterocycles. The van der Waals surface area contributed by atoms with Crippen molar-refractivity contribution < 1.29 is 30.1 Å². The van der Waals surface area contributed by atoms with Crippen LogP contribution in [0.5, 0.6) is 0 Å². The quantitative estimate of drug-likeness (QED) is 0.237. The van der Waals surface area contributed by atoms with Crippen molar-refractivity contribution in [3.8, 4) is 0 Å². The van der Waals surface area contributed by atoms with E-state index in [1.165, 1.54) is 0 Å². The number of nitro groups is 1. The van der Waals surface area contributed by atoms with Gasteiger partial charge in [0, 0.05) is 11.8 Å². The maximum Gasteiger partial charge on any atom is 0.226 e. The number of aliphatic hydroxyl groups excluding tert-OH is 4. The first-order valence-corrected chi connectivity index (χ1v) is 4.83. The van der Waals surface area contributed by atoms with E-state index < -0.39 is 48.3 Å². The lowest BCUT2D eigenvalue weighted by atomic mass is 10.0. The first-order chi connectivity index (χ1) is 7.79. The summed E-state index contributed by atoms with van der Waals surface area (Å²) in [7, 11) is 0. The molecule has 1 amide bonds. The summed E-state index contributed by atoms with van der Waals surface area (Å²) < 4.78 is 0. The SMILES string of the molecule is CC(=O)N[C@H](C[N+](=O)[O-])[C@H](O)[C@H](O)[C@H](O)CO. The second kappa shape index (κ2) is 7.12. The number of hydrogen-bond acceptors (Lipinski definition) is 7. The second-order valence-electron chi connectivity index (χ2n) is 3.55. The highest BCUT2D eigenvalue weighted by Crippen LogP contribution is 2.05. The van der Waals surface area contributed by atoms with Gasteiger partial charge in [-0.15, -0.1) is 0 Å².